The fourth-order valence-corrected chi connectivity index (χ4v) is 9.95. The summed E-state index contributed by atoms with van der Waals surface area (Å²) >= 11 is 0. The third kappa shape index (κ3) is 9.00. The van der Waals surface area contributed by atoms with Gasteiger partial charge in [0.1, 0.15) is 59.2 Å². The number of benzene rings is 2. The lowest BCUT2D eigenvalue weighted by Crippen LogP contribution is -2.44. The first-order valence-corrected chi connectivity index (χ1v) is 23.0. The van der Waals surface area contributed by atoms with Gasteiger partial charge in [0, 0.05) is 108 Å². The molecule has 10 rings (SSSR count). The van der Waals surface area contributed by atoms with Gasteiger partial charge in [0.2, 0.25) is 11.9 Å². The van der Waals surface area contributed by atoms with Crippen molar-refractivity contribution in [1.82, 2.24) is 29.7 Å². The van der Waals surface area contributed by atoms with Crippen LogP contribution in [0, 0.1) is 11.6 Å². The van der Waals surface area contributed by atoms with Gasteiger partial charge in [-0.1, -0.05) is 0 Å². The molecule has 8 heterocycles. The number of carbonyl (C=O) groups excluding carboxylic acids is 2. The third-order valence-electron chi connectivity index (χ3n) is 13.6. The Balaban J connectivity index is 0.000000168. The van der Waals surface area contributed by atoms with Crippen LogP contribution in [0.15, 0.2) is 33.9 Å². The van der Waals surface area contributed by atoms with Crippen molar-refractivity contribution in [2.45, 2.75) is 62.6 Å². The molecule has 4 aromatic rings. The second-order valence-corrected chi connectivity index (χ2v) is 18.7. The van der Waals surface area contributed by atoms with Gasteiger partial charge in [-0.05, 0) is 66.0 Å². The highest BCUT2D eigenvalue weighted by Crippen LogP contribution is 2.48. The van der Waals surface area contributed by atoms with Crippen molar-refractivity contribution in [3.63, 3.8) is 0 Å². The van der Waals surface area contributed by atoms with Gasteiger partial charge >= 0.3 is 11.9 Å². The average Bonchev–Trinajstić information content (AvgIpc) is 3.72. The Hall–Kier alpha value is -6.28. The van der Waals surface area contributed by atoms with Crippen LogP contribution in [0.4, 0.5) is 32.3 Å². The van der Waals surface area contributed by atoms with Crippen molar-refractivity contribution in [2.75, 3.05) is 121 Å². The Morgan fingerprint density at radius 1 is 0.672 bits per heavy atom. The molecule has 0 aliphatic carbocycles. The molecule has 67 heavy (non-hydrogen) atoms. The molecule has 6 aliphatic heterocycles. The summed E-state index contributed by atoms with van der Waals surface area (Å²) in [6, 6.07) is 5.82. The molecule has 0 unspecified atom stereocenters. The Labute approximate surface area is 386 Å². The van der Waals surface area contributed by atoms with Crippen molar-refractivity contribution in [3.05, 3.63) is 90.0 Å². The number of rotatable bonds is 10. The number of aromatic nitrogens is 4. The van der Waals surface area contributed by atoms with Crippen LogP contribution in [-0.4, -0.2) is 142 Å². The van der Waals surface area contributed by atoms with E-state index in [-0.39, 0.29) is 22.2 Å². The van der Waals surface area contributed by atoms with E-state index < -0.39 is 34.8 Å². The van der Waals surface area contributed by atoms with Crippen LogP contribution in [-0.2, 0) is 33.5 Å². The molecule has 2 saturated heterocycles. The number of halogens is 2. The van der Waals surface area contributed by atoms with Crippen LogP contribution in [0.2, 0.25) is 0 Å². The standard InChI is InChI=1S/C24H30FN5O4.C23H28FN5O4/c1-28(2)11-12-33-15-13-17-19(18(25)14-15)24(34-22(17)32)6-9-30(10-7-24)23-26-20-16(21(31)27-23)5-4-8-29(20)3;1-28(2)10-11-32-14-12-16-18(17(24)13-14)23(33-21(16)31)5-8-29(9-6-23)22-26-19-15(20(30)27-22)4-3-7-25-19/h13-14H,4-12H2,1-3H3,(H,26,27,31);12-13H,3-11H2,1-2H3,(H2,25,26,27,30). The van der Waals surface area contributed by atoms with E-state index in [9.17, 15) is 19.2 Å². The van der Waals surface area contributed by atoms with E-state index in [0.717, 1.165) is 43.7 Å². The van der Waals surface area contributed by atoms with Crippen LogP contribution in [0.3, 0.4) is 0 Å². The van der Waals surface area contributed by atoms with E-state index in [0.29, 0.717) is 130 Å². The molecule has 358 valence electrons. The summed E-state index contributed by atoms with van der Waals surface area (Å²) in [7, 11) is 9.63. The van der Waals surface area contributed by atoms with Crippen molar-refractivity contribution < 1.29 is 37.3 Å². The van der Waals surface area contributed by atoms with Gasteiger partial charge in [-0.3, -0.25) is 19.6 Å². The number of hydrogen-bond acceptors (Lipinski definition) is 16. The van der Waals surface area contributed by atoms with Crippen molar-refractivity contribution >= 4 is 35.5 Å². The minimum absolute atomic E-state index is 0.114. The summed E-state index contributed by atoms with van der Waals surface area (Å²) < 4.78 is 53.3. The van der Waals surface area contributed by atoms with Crippen LogP contribution >= 0.6 is 0 Å². The summed E-state index contributed by atoms with van der Waals surface area (Å²) in [6.45, 7) is 5.66. The smallest absolute Gasteiger partial charge is 0.339 e. The largest absolute Gasteiger partial charge is 0.492 e. The number of nitrogens with zero attached hydrogens (tertiary/aromatic N) is 7. The monoisotopic (exact) mass is 928 g/mol. The van der Waals surface area contributed by atoms with Crippen LogP contribution in [0.25, 0.3) is 0 Å². The zero-order valence-corrected chi connectivity index (χ0v) is 38.7. The number of hydrogen-bond donors (Lipinski definition) is 3. The first-order valence-electron chi connectivity index (χ1n) is 23.0. The summed E-state index contributed by atoms with van der Waals surface area (Å²) in [4.78, 5) is 75.4. The number of esters is 2. The maximum absolute atomic E-state index is 15.2. The molecule has 18 nitrogen and oxygen atoms in total. The van der Waals surface area contributed by atoms with E-state index in [4.69, 9.17) is 23.9 Å². The topological polar surface area (TPSA) is 191 Å². The highest BCUT2D eigenvalue weighted by molar-refractivity contribution is 5.96. The molecule has 2 fully saturated rings. The predicted molar refractivity (Wildman–Crippen MR) is 246 cm³/mol. The summed E-state index contributed by atoms with van der Waals surface area (Å²) in [5.41, 5.74) is 0.207. The molecule has 3 N–H and O–H groups in total. The number of ether oxygens (including phenoxy) is 4. The maximum atomic E-state index is 15.2. The number of carbonyl (C=O) groups is 2. The van der Waals surface area contributed by atoms with Crippen LogP contribution in [0.1, 0.15) is 81.5 Å². The molecule has 0 radical (unpaired) electrons. The summed E-state index contributed by atoms with van der Waals surface area (Å²) in [5.74, 6) is 0.950. The zero-order chi connectivity index (χ0) is 47.2. The molecule has 0 saturated carbocycles. The van der Waals surface area contributed by atoms with Crippen molar-refractivity contribution in [1.29, 1.82) is 0 Å². The highest BCUT2D eigenvalue weighted by Gasteiger charge is 2.51. The van der Waals surface area contributed by atoms with Gasteiger partial charge in [0.15, 0.2) is 0 Å². The van der Waals surface area contributed by atoms with E-state index in [2.05, 4.69) is 20.3 Å². The quantitative estimate of drug-likeness (QED) is 0.195. The molecular weight excluding hydrogens is 871 g/mol. The molecule has 0 bridgehead atoms. The summed E-state index contributed by atoms with van der Waals surface area (Å²) in [6.07, 6.45) is 4.87. The van der Waals surface area contributed by atoms with Crippen molar-refractivity contribution in [3.8, 4) is 11.5 Å². The second-order valence-electron chi connectivity index (χ2n) is 18.7. The SMILES string of the molecule is CN(C)CCOc1cc(F)c2c(c1)C(=O)OC21CCN(c2nc3c(c(=O)[nH]2)CCCN3)CC1.CN(C)CCOc1cc(F)c2c(c1)C(=O)OC21CCN(c2nc3c(c(=O)[nH]2)CCCN3C)CC1. The molecule has 20 heteroatoms. The van der Waals surface area contributed by atoms with Crippen LogP contribution in [0.5, 0.6) is 11.5 Å². The van der Waals surface area contributed by atoms with E-state index in [1.807, 2.05) is 59.7 Å². The lowest BCUT2D eigenvalue weighted by atomic mass is 9.83. The molecule has 2 spiro atoms. The van der Waals surface area contributed by atoms with Crippen LogP contribution < -0.4 is 40.6 Å². The van der Waals surface area contributed by atoms with E-state index in [1.165, 1.54) is 12.1 Å². The molecule has 0 atom stereocenters. The Bertz CT molecular complexity index is 2680. The molecule has 2 aromatic carbocycles. The third-order valence-corrected chi connectivity index (χ3v) is 13.6. The Morgan fingerprint density at radius 2 is 1.15 bits per heavy atom. The first-order chi connectivity index (χ1) is 32.1. The number of H-pyrrole nitrogens is 2. The first kappa shape index (κ1) is 45.9. The molecule has 6 aliphatic rings. The van der Waals surface area contributed by atoms with Crippen molar-refractivity contribution in [2.24, 2.45) is 0 Å². The van der Waals surface area contributed by atoms with E-state index in [1.54, 1.807) is 12.1 Å². The van der Waals surface area contributed by atoms with Gasteiger partial charge in [0.25, 0.3) is 11.1 Å². The Morgan fingerprint density at radius 3 is 1.66 bits per heavy atom. The van der Waals surface area contributed by atoms with E-state index >= 15 is 8.78 Å². The second kappa shape index (κ2) is 18.4. The van der Waals surface area contributed by atoms with Gasteiger partial charge in [-0.25, -0.2) is 18.4 Å². The highest BCUT2D eigenvalue weighted by atomic mass is 19.1. The minimum atomic E-state index is -1.01. The van der Waals surface area contributed by atoms with Gasteiger partial charge in [0.05, 0.1) is 22.3 Å². The molecule has 0 amide bonds. The fraction of sp³-hybridized carbons (Fsp3) is 0.532. The lowest BCUT2D eigenvalue weighted by molar-refractivity contribution is -0.0234. The number of likely N-dealkylation sites (N-methyl/N-ethyl adjacent to an activating group) is 2. The minimum Gasteiger partial charge on any atom is -0.492 e. The fourth-order valence-electron chi connectivity index (χ4n) is 9.95. The predicted octanol–water partition coefficient (Wildman–Crippen LogP) is 3.77. The zero-order valence-electron chi connectivity index (χ0n) is 38.7. The molecular formula is C47H58F2N10O8. The number of fused-ring (bicyclic) bond motifs is 6. The number of anilines is 4. The number of nitrogens with one attached hydrogen (secondary N) is 3. The van der Waals surface area contributed by atoms with Gasteiger partial charge in [-0.15, -0.1) is 0 Å². The normalized spacial score (nSPS) is 18.7. The summed E-state index contributed by atoms with van der Waals surface area (Å²) in [5, 5.41) is 3.19. The average molecular weight is 929 g/mol. The molecule has 2 aromatic heterocycles. The maximum Gasteiger partial charge on any atom is 0.339 e. The van der Waals surface area contributed by atoms with Gasteiger partial charge < -0.3 is 48.8 Å². The lowest BCUT2D eigenvalue weighted by Gasteiger charge is -2.39. The number of piperidine rings is 2. The number of aromatic amines is 2. The van der Waals surface area contributed by atoms with Gasteiger partial charge in [-0.2, -0.15) is 9.97 Å². The Kier molecular flexibility index (Phi) is 12.6.